The fraction of sp³-hybridized carbons (Fsp3) is 0.290. The molecule has 2 fully saturated rings. The third-order valence-electron chi connectivity index (χ3n) is 7.44. The number of halogens is 1. The largest absolute Gasteiger partial charge is 0.454 e. The van der Waals surface area contributed by atoms with E-state index < -0.39 is 12.0 Å². The summed E-state index contributed by atoms with van der Waals surface area (Å²) < 4.78 is 6.02. The van der Waals surface area contributed by atoms with Crippen molar-refractivity contribution in [1.82, 2.24) is 4.90 Å². The fourth-order valence-electron chi connectivity index (χ4n) is 5.27. The van der Waals surface area contributed by atoms with Crippen LogP contribution in [0, 0.1) is 5.92 Å². The molecule has 1 atom stereocenters. The maximum absolute atomic E-state index is 13.3. The van der Waals surface area contributed by atoms with E-state index in [-0.39, 0.29) is 36.2 Å². The average Bonchev–Trinajstić information content (AvgIpc) is 3.26. The summed E-state index contributed by atoms with van der Waals surface area (Å²) in [6, 6.07) is 22.9. The highest BCUT2D eigenvalue weighted by molar-refractivity contribution is 9.10. The zero-order valence-corrected chi connectivity index (χ0v) is 23.0. The van der Waals surface area contributed by atoms with Gasteiger partial charge in [0.1, 0.15) is 0 Å². The number of rotatable bonds is 8. The summed E-state index contributed by atoms with van der Waals surface area (Å²) in [5.74, 6) is -0.855. The average molecular weight is 589 g/mol. The van der Waals surface area contributed by atoms with Crippen LogP contribution in [0.2, 0.25) is 0 Å². The maximum atomic E-state index is 13.3. The molecule has 0 bridgehead atoms. The Morgan fingerprint density at radius 1 is 0.846 bits per heavy atom. The number of carbonyl (C=O) groups is 4. The molecule has 0 N–H and O–H groups in total. The Bertz CT molecular complexity index is 1350. The molecule has 2 heterocycles. The summed E-state index contributed by atoms with van der Waals surface area (Å²) in [4.78, 5) is 54.2. The first-order valence-electron chi connectivity index (χ1n) is 13.1. The molecule has 200 valence electrons. The highest BCUT2D eigenvalue weighted by Gasteiger charge is 2.43. The minimum Gasteiger partial charge on any atom is -0.454 e. The Kier molecular flexibility index (Phi) is 8.33. The number of carbonyl (C=O) groups excluding carboxylic acids is 4. The minimum atomic E-state index is -0.651. The van der Waals surface area contributed by atoms with Crippen LogP contribution in [0.1, 0.15) is 45.5 Å². The second kappa shape index (κ2) is 12.1. The molecule has 2 aliphatic rings. The number of Topliss-reactive ketones (excluding diaryl/α,β-unsaturated/α-hetero) is 1. The number of imide groups is 1. The molecule has 2 saturated heterocycles. The Labute approximate surface area is 235 Å². The first kappa shape index (κ1) is 27.0. The van der Waals surface area contributed by atoms with E-state index in [0.29, 0.717) is 17.2 Å². The number of hydrogen-bond donors (Lipinski definition) is 0. The summed E-state index contributed by atoms with van der Waals surface area (Å²) in [6.45, 7) is 1.20. The van der Waals surface area contributed by atoms with Crippen molar-refractivity contribution in [3.8, 4) is 0 Å². The quantitative estimate of drug-likeness (QED) is 0.207. The number of hydrogen-bond acceptors (Lipinski definition) is 6. The number of amides is 2. The summed E-state index contributed by atoms with van der Waals surface area (Å²) in [7, 11) is 0. The normalized spacial score (nSPS) is 18.4. The van der Waals surface area contributed by atoms with E-state index in [1.807, 2.05) is 6.07 Å². The molecule has 5 rings (SSSR count). The molecule has 8 heteroatoms. The van der Waals surface area contributed by atoms with Crippen molar-refractivity contribution < 1.29 is 23.9 Å². The van der Waals surface area contributed by atoms with E-state index in [9.17, 15) is 19.2 Å². The molecule has 0 radical (unpaired) electrons. The van der Waals surface area contributed by atoms with Crippen LogP contribution in [0.3, 0.4) is 0 Å². The van der Waals surface area contributed by atoms with Crippen molar-refractivity contribution in [3.63, 3.8) is 0 Å². The fourth-order valence-corrected chi connectivity index (χ4v) is 5.53. The number of ether oxygens (including phenoxy) is 1. The van der Waals surface area contributed by atoms with Gasteiger partial charge in [-0.3, -0.25) is 19.3 Å². The minimum absolute atomic E-state index is 0.157. The molecule has 39 heavy (non-hydrogen) atoms. The number of anilines is 1. The SMILES string of the molecule is O=C(COC(=O)c1ccc(N2C(=O)CC(N3CCC(Cc4ccccc4)CC3)C2=O)cc1)c1ccc(Br)cc1. The van der Waals surface area contributed by atoms with Crippen LogP contribution >= 0.6 is 15.9 Å². The molecular weight excluding hydrogens is 560 g/mol. The van der Waals surface area contributed by atoms with Gasteiger partial charge in [-0.2, -0.15) is 0 Å². The lowest BCUT2D eigenvalue weighted by Crippen LogP contribution is -2.46. The van der Waals surface area contributed by atoms with Gasteiger partial charge < -0.3 is 4.74 Å². The number of likely N-dealkylation sites (tertiary alicyclic amines) is 1. The van der Waals surface area contributed by atoms with Gasteiger partial charge in [-0.1, -0.05) is 58.4 Å². The number of esters is 1. The van der Waals surface area contributed by atoms with Crippen LogP contribution in [-0.2, 0) is 20.7 Å². The highest BCUT2D eigenvalue weighted by atomic mass is 79.9. The molecule has 2 amide bonds. The van der Waals surface area contributed by atoms with E-state index >= 15 is 0 Å². The molecule has 0 spiro atoms. The first-order valence-corrected chi connectivity index (χ1v) is 13.9. The second-order valence-corrected chi connectivity index (χ2v) is 10.9. The van der Waals surface area contributed by atoms with E-state index in [1.165, 1.54) is 22.6 Å². The zero-order valence-electron chi connectivity index (χ0n) is 21.4. The standard InChI is InChI=1S/C31H29BrN2O5/c32-25-10-6-23(7-11-25)28(35)20-39-31(38)24-8-12-26(13-9-24)34-29(36)19-27(30(34)37)33-16-14-22(15-17-33)18-21-4-2-1-3-5-21/h1-13,22,27H,14-20H2. The summed E-state index contributed by atoms with van der Waals surface area (Å²) >= 11 is 3.32. The lowest BCUT2D eigenvalue weighted by atomic mass is 9.89. The smallest absolute Gasteiger partial charge is 0.338 e. The van der Waals surface area contributed by atoms with Crippen molar-refractivity contribution in [2.24, 2.45) is 5.92 Å². The van der Waals surface area contributed by atoms with Crippen molar-refractivity contribution in [3.05, 3.63) is 100 Å². The van der Waals surface area contributed by atoms with Crippen molar-refractivity contribution in [2.45, 2.75) is 31.7 Å². The molecule has 0 saturated carbocycles. The molecule has 3 aromatic rings. The van der Waals surface area contributed by atoms with Crippen LogP contribution in [0.4, 0.5) is 5.69 Å². The second-order valence-electron chi connectivity index (χ2n) is 10.0. The van der Waals surface area contributed by atoms with Gasteiger partial charge in [0.2, 0.25) is 5.91 Å². The topological polar surface area (TPSA) is 84.0 Å². The Balaban J connectivity index is 1.15. The van der Waals surface area contributed by atoms with E-state index in [4.69, 9.17) is 4.74 Å². The van der Waals surface area contributed by atoms with Crippen LogP contribution in [-0.4, -0.2) is 54.2 Å². The highest BCUT2D eigenvalue weighted by Crippen LogP contribution is 2.30. The van der Waals surface area contributed by atoms with Crippen LogP contribution < -0.4 is 4.90 Å². The van der Waals surface area contributed by atoms with Crippen LogP contribution in [0.25, 0.3) is 0 Å². The third-order valence-corrected chi connectivity index (χ3v) is 7.97. The molecule has 0 aromatic heterocycles. The van der Waals surface area contributed by atoms with E-state index in [0.717, 1.165) is 36.8 Å². The van der Waals surface area contributed by atoms with Gasteiger partial charge >= 0.3 is 5.97 Å². The Hall–Kier alpha value is -3.62. The summed E-state index contributed by atoms with van der Waals surface area (Å²) in [5.41, 5.74) is 2.44. The molecule has 3 aromatic carbocycles. The molecule has 7 nitrogen and oxygen atoms in total. The van der Waals surface area contributed by atoms with Crippen molar-refractivity contribution in [2.75, 3.05) is 24.6 Å². The summed E-state index contributed by atoms with van der Waals surface area (Å²) in [5, 5.41) is 0. The number of nitrogens with zero attached hydrogens (tertiary/aromatic N) is 2. The van der Waals surface area contributed by atoms with Crippen molar-refractivity contribution >= 4 is 45.2 Å². The van der Waals surface area contributed by atoms with Gasteiger partial charge in [0, 0.05) is 10.0 Å². The lowest BCUT2D eigenvalue weighted by molar-refractivity contribution is -0.123. The number of piperidine rings is 1. The molecule has 0 aliphatic carbocycles. The van der Waals surface area contributed by atoms with Crippen LogP contribution in [0.5, 0.6) is 0 Å². The Morgan fingerprint density at radius 2 is 1.49 bits per heavy atom. The molecule has 2 aliphatic heterocycles. The number of ketones is 1. The van der Waals surface area contributed by atoms with Gasteiger partial charge in [-0.05, 0) is 80.2 Å². The molecular formula is C31H29BrN2O5. The van der Waals surface area contributed by atoms with Gasteiger partial charge in [0.15, 0.2) is 12.4 Å². The van der Waals surface area contributed by atoms with Gasteiger partial charge in [0.05, 0.1) is 23.7 Å². The Morgan fingerprint density at radius 3 is 2.15 bits per heavy atom. The van der Waals surface area contributed by atoms with E-state index in [2.05, 4.69) is 45.1 Å². The zero-order chi connectivity index (χ0) is 27.4. The van der Waals surface area contributed by atoms with Crippen LogP contribution in [0.15, 0.2) is 83.3 Å². The number of benzene rings is 3. The van der Waals surface area contributed by atoms with Gasteiger partial charge in [0.25, 0.3) is 5.91 Å². The maximum Gasteiger partial charge on any atom is 0.338 e. The predicted molar refractivity (Wildman–Crippen MR) is 151 cm³/mol. The first-order chi connectivity index (χ1) is 18.9. The van der Waals surface area contributed by atoms with E-state index in [1.54, 1.807) is 36.4 Å². The monoisotopic (exact) mass is 588 g/mol. The lowest BCUT2D eigenvalue weighted by Gasteiger charge is -2.34. The summed E-state index contributed by atoms with van der Waals surface area (Å²) in [6.07, 6.45) is 3.18. The van der Waals surface area contributed by atoms with Gasteiger partial charge in [-0.25, -0.2) is 9.69 Å². The van der Waals surface area contributed by atoms with Crippen molar-refractivity contribution in [1.29, 1.82) is 0 Å². The molecule has 1 unspecified atom stereocenters. The predicted octanol–water partition coefficient (Wildman–Crippen LogP) is 5.08. The van der Waals surface area contributed by atoms with Gasteiger partial charge in [-0.15, -0.1) is 0 Å². The third kappa shape index (κ3) is 6.34.